The number of aromatic nitrogens is 2. The summed E-state index contributed by atoms with van der Waals surface area (Å²) in [7, 11) is 0. The molecule has 130 valence electrons. The van der Waals surface area contributed by atoms with Gasteiger partial charge in [0.1, 0.15) is 5.69 Å². The van der Waals surface area contributed by atoms with E-state index in [1.807, 2.05) is 29.2 Å². The van der Waals surface area contributed by atoms with Crippen LogP contribution in [0.1, 0.15) is 21.6 Å². The molecular formula is C20H17ClN4O. The lowest BCUT2D eigenvalue weighted by Crippen LogP contribution is -2.25. The number of hydrogen-bond acceptors (Lipinski definition) is 4. The largest absolute Gasteiger partial charge is 0.347 e. The molecule has 3 aromatic rings. The molecule has 1 aromatic heterocycles. The van der Waals surface area contributed by atoms with Crippen LogP contribution in [0.15, 0.2) is 60.8 Å². The third-order valence-corrected chi connectivity index (χ3v) is 4.62. The highest BCUT2D eigenvalue weighted by molar-refractivity contribution is 6.30. The average molecular weight is 365 g/mol. The van der Waals surface area contributed by atoms with E-state index in [0.717, 1.165) is 24.2 Å². The number of amides is 1. The first-order valence-corrected chi connectivity index (χ1v) is 8.79. The van der Waals surface area contributed by atoms with E-state index in [-0.39, 0.29) is 5.91 Å². The zero-order valence-electron chi connectivity index (χ0n) is 14.0. The lowest BCUT2D eigenvalue weighted by atomic mass is 10.2. The van der Waals surface area contributed by atoms with Gasteiger partial charge in [-0.2, -0.15) is 0 Å². The van der Waals surface area contributed by atoms with E-state index < -0.39 is 0 Å². The minimum atomic E-state index is -0.226. The van der Waals surface area contributed by atoms with Crippen molar-refractivity contribution >= 4 is 29.1 Å². The monoisotopic (exact) mass is 364 g/mol. The number of carbonyl (C=O) groups excluding carboxylic acids is 1. The van der Waals surface area contributed by atoms with Crippen molar-refractivity contribution in [2.75, 3.05) is 11.4 Å². The number of hydrogen-bond donors (Lipinski definition) is 1. The number of rotatable bonds is 4. The van der Waals surface area contributed by atoms with Gasteiger partial charge in [0, 0.05) is 30.0 Å². The van der Waals surface area contributed by atoms with E-state index in [0.29, 0.717) is 23.2 Å². The average Bonchev–Trinajstić information content (AvgIpc) is 3.11. The Morgan fingerprint density at radius 2 is 1.92 bits per heavy atom. The fraction of sp³-hybridized carbons (Fsp3) is 0.150. The van der Waals surface area contributed by atoms with Gasteiger partial charge in [-0.1, -0.05) is 41.9 Å². The Kier molecular flexibility index (Phi) is 4.54. The van der Waals surface area contributed by atoms with Crippen molar-refractivity contribution < 1.29 is 4.79 Å². The van der Waals surface area contributed by atoms with Crippen LogP contribution in [0.3, 0.4) is 0 Å². The zero-order chi connectivity index (χ0) is 17.9. The molecule has 0 unspecified atom stereocenters. The van der Waals surface area contributed by atoms with Crippen LogP contribution < -0.4 is 10.2 Å². The van der Waals surface area contributed by atoms with Crippen molar-refractivity contribution in [3.8, 4) is 0 Å². The topological polar surface area (TPSA) is 58.1 Å². The standard InChI is InChI=1S/C20H17ClN4O/c21-16-7-5-14(6-8-16)13-23-19(26)17-9-11-22-20(24-17)25-12-10-15-3-1-2-4-18(15)25/h1-9,11H,10,12-13H2,(H,23,26). The van der Waals surface area contributed by atoms with Crippen molar-refractivity contribution in [1.82, 2.24) is 15.3 Å². The van der Waals surface area contributed by atoms with Gasteiger partial charge in [0.2, 0.25) is 5.95 Å². The fourth-order valence-corrected chi connectivity index (χ4v) is 3.15. The van der Waals surface area contributed by atoms with Gasteiger partial charge in [-0.15, -0.1) is 0 Å². The summed E-state index contributed by atoms with van der Waals surface area (Å²) in [4.78, 5) is 23.3. The van der Waals surface area contributed by atoms with Crippen LogP contribution in [0.5, 0.6) is 0 Å². The van der Waals surface area contributed by atoms with Crippen LogP contribution >= 0.6 is 11.6 Å². The van der Waals surface area contributed by atoms with Crippen LogP contribution in [0.25, 0.3) is 0 Å². The lowest BCUT2D eigenvalue weighted by molar-refractivity contribution is 0.0946. The van der Waals surface area contributed by atoms with Gasteiger partial charge >= 0.3 is 0 Å². The highest BCUT2D eigenvalue weighted by Crippen LogP contribution is 2.32. The maximum absolute atomic E-state index is 12.5. The Labute approximate surface area is 156 Å². The molecule has 0 radical (unpaired) electrons. The maximum Gasteiger partial charge on any atom is 0.270 e. The quantitative estimate of drug-likeness (QED) is 0.766. The molecule has 1 aliphatic rings. The Balaban J connectivity index is 1.49. The molecular weight excluding hydrogens is 348 g/mol. The Morgan fingerprint density at radius 3 is 2.77 bits per heavy atom. The van der Waals surface area contributed by atoms with Crippen molar-refractivity contribution in [2.24, 2.45) is 0 Å². The van der Waals surface area contributed by atoms with Gasteiger partial charge < -0.3 is 10.2 Å². The van der Waals surface area contributed by atoms with Crippen molar-refractivity contribution in [2.45, 2.75) is 13.0 Å². The summed E-state index contributed by atoms with van der Waals surface area (Å²) in [6.45, 7) is 1.23. The lowest BCUT2D eigenvalue weighted by Gasteiger charge is -2.17. The second-order valence-electron chi connectivity index (χ2n) is 6.08. The van der Waals surface area contributed by atoms with E-state index >= 15 is 0 Å². The van der Waals surface area contributed by atoms with Gasteiger partial charge in [0.15, 0.2) is 0 Å². The number of nitrogens with one attached hydrogen (secondary N) is 1. The third kappa shape index (κ3) is 3.39. The van der Waals surface area contributed by atoms with E-state index in [9.17, 15) is 4.79 Å². The predicted octanol–water partition coefficient (Wildman–Crippen LogP) is 3.75. The molecule has 0 aliphatic carbocycles. The van der Waals surface area contributed by atoms with E-state index in [4.69, 9.17) is 11.6 Å². The fourth-order valence-electron chi connectivity index (χ4n) is 3.03. The first-order chi connectivity index (χ1) is 12.7. The smallest absolute Gasteiger partial charge is 0.270 e. The number of nitrogens with zero attached hydrogens (tertiary/aromatic N) is 3. The van der Waals surface area contributed by atoms with Crippen molar-refractivity contribution in [3.63, 3.8) is 0 Å². The molecule has 0 saturated carbocycles. The number of carbonyl (C=O) groups is 1. The molecule has 5 nitrogen and oxygen atoms in total. The molecule has 0 spiro atoms. The molecule has 26 heavy (non-hydrogen) atoms. The van der Waals surface area contributed by atoms with Crippen molar-refractivity contribution in [3.05, 3.63) is 82.6 Å². The second kappa shape index (κ2) is 7.14. The molecule has 2 heterocycles. The van der Waals surface area contributed by atoms with Gasteiger partial charge in [0.05, 0.1) is 0 Å². The number of anilines is 2. The predicted molar refractivity (Wildman–Crippen MR) is 102 cm³/mol. The SMILES string of the molecule is O=C(NCc1ccc(Cl)cc1)c1ccnc(N2CCc3ccccc32)n1. The van der Waals surface area contributed by atoms with E-state index in [2.05, 4.69) is 27.4 Å². The molecule has 0 fully saturated rings. The van der Waals surface area contributed by atoms with E-state index in [1.165, 1.54) is 5.56 Å². The van der Waals surface area contributed by atoms with E-state index in [1.54, 1.807) is 24.4 Å². The first kappa shape index (κ1) is 16.5. The summed E-state index contributed by atoms with van der Waals surface area (Å²) in [5, 5.41) is 3.55. The maximum atomic E-state index is 12.5. The van der Waals surface area contributed by atoms with Crippen LogP contribution in [0.4, 0.5) is 11.6 Å². The minimum absolute atomic E-state index is 0.226. The summed E-state index contributed by atoms with van der Waals surface area (Å²) in [6, 6.07) is 17.2. The first-order valence-electron chi connectivity index (χ1n) is 8.42. The summed E-state index contributed by atoms with van der Waals surface area (Å²) in [6.07, 6.45) is 2.58. The zero-order valence-corrected chi connectivity index (χ0v) is 14.8. The van der Waals surface area contributed by atoms with Crippen LogP contribution in [-0.2, 0) is 13.0 Å². The molecule has 4 rings (SSSR count). The molecule has 6 heteroatoms. The Hall–Kier alpha value is -2.92. The summed E-state index contributed by atoms with van der Waals surface area (Å²) in [5.74, 6) is 0.324. The highest BCUT2D eigenvalue weighted by Gasteiger charge is 2.22. The highest BCUT2D eigenvalue weighted by atomic mass is 35.5. The Bertz CT molecular complexity index is 943. The summed E-state index contributed by atoms with van der Waals surface area (Å²) < 4.78 is 0. The molecule has 0 bridgehead atoms. The summed E-state index contributed by atoms with van der Waals surface area (Å²) in [5.41, 5.74) is 3.71. The summed E-state index contributed by atoms with van der Waals surface area (Å²) >= 11 is 5.88. The normalized spacial score (nSPS) is 12.7. The Morgan fingerprint density at radius 1 is 1.12 bits per heavy atom. The van der Waals surface area contributed by atoms with Gasteiger partial charge in [-0.25, -0.2) is 9.97 Å². The number of fused-ring (bicyclic) bond motifs is 1. The van der Waals surface area contributed by atoms with Crippen LogP contribution in [0, 0.1) is 0 Å². The molecule has 2 aromatic carbocycles. The number of benzene rings is 2. The number of halogens is 1. The molecule has 1 amide bonds. The second-order valence-corrected chi connectivity index (χ2v) is 6.52. The molecule has 0 atom stereocenters. The van der Waals surface area contributed by atoms with Crippen LogP contribution in [-0.4, -0.2) is 22.4 Å². The van der Waals surface area contributed by atoms with Gasteiger partial charge in [-0.05, 0) is 41.8 Å². The molecule has 1 N–H and O–H groups in total. The van der Waals surface area contributed by atoms with Crippen LogP contribution in [0.2, 0.25) is 5.02 Å². The molecule has 1 aliphatic heterocycles. The number of para-hydroxylation sites is 1. The van der Waals surface area contributed by atoms with Crippen molar-refractivity contribution in [1.29, 1.82) is 0 Å². The molecule has 0 saturated heterocycles. The van der Waals surface area contributed by atoms with Gasteiger partial charge in [-0.3, -0.25) is 4.79 Å². The third-order valence-electron chi connectivity index (χ3n) is 4.37. The minimum Gasteiger partial charge on any atom is -0.347 e. The van der Waals surface area contributed by atoms with Gasteiger partial charge in [0.25, 0.3) is 5.91 Å².